The second-order valence-corrected chi connectivity index (χ2v) is 7.76. The van der Waals surface area contributed by atoms with Gasteiger partial charge in [0, 0.05) is 37.9 Å². The van der Waals surface area contributed by atoms with Crippen LogP contribution in [0.25, 0.3) is 5.82 Å². The highest BCUT2D eigenvalue weighted by atomic mass is 16.5. The Balaban J connectivity index is 1.34. The summed E-state index contributed by atoms with van der Waals surface area (Å²) < 4.78 is 7.59. The molecule has 162 valence electrons. The van der Waals surface area contributed by atoms with Crippen molar-refractivity contribution in [2.75, 3.05) is 37.7 Å². The van der Waals surface area contributed by atoms with Crippen LogP contribution in [-0.4, -0.2) is 63.1 Å². The monoisotopic (exact) mass is 420 g/mol. The fourth-order valence-corrected chi connectivity index (χ4v) is 3.66. The molecule has 1 amide bonds. The number of carbonyl (C=O) groups is 1. The van der Waals surface area contributed by atoms with Crippen molar-refractivity contribution in [2.24, 2.45) is 0 Å². The van der Waals surface area contributed by atoms with E-state index in [-0.39, 0.29) is 12.5 Å². The van der Waals surface area contributed by atoms with E-state index in [0.29, 0.717) is 25.5 Å². The number of aryl methyl sites for hydroxylation is 2. The SMILES string of the molecule is Cc1nc(N2CCN(C(=O)COCc3ccccc3)CC2)cc(-n2cnc(C)c2C)n1. The van der Waals surface area contributed by atoms with Crippen LogP contribution >= 0.6 is 0 Å². The van der Waals surface area contributed by atoms with Crippen molar-refractivity contribution in [2.45, 2.75) is 27.4 Å². The predicted molar refractivity (Wildman–Crippen MR) is 118 cm³/mol. The zero-order valence-corrected chi connectivity index (χ0v) is 18.3. The van der Waals surface area contributed by atoms with Crippen LogP contribution in [0, 0.1) is 20.8 Å². The van der Waals surface area contributed by atoms with Gasteiger partial charge in [-0.25, -0.2) is 15.0 Å². The zero-order valence-electron chi connectivity index (χ0n) is 18.3. The first kappa shape index (κ1) is 21.0. The van der Waals surface area contributed by atoms with E-state index >= 15 is 0 Å². The number of hydrogen-bond acceptors (Lipinski definition) is 6. The second kappa shape index (κ2) is 9.26. The van der Waals surface area contributed by atoms with Gasteiger partial charge in [0.15, 0.2) is 0 Å². The van der Waals surface area contributed by atoms with Crippen LogP contribution in [0.2, 0.25) is 0 Å². The summed E-state index contributed by atoms with van der Waals surface area (Å²) in [7, 11) is 0. The Morgan fingerprint density at radius 1 is 1.00 bits per heavy atom. The maximum absolute atomic E-state index is 12.5. The van der Waals surface area contributed by atoms with Crippen molar-refractivity contribution >= 4 is 11.7 Å². The Hall–Kier alpha value is -3.26. The van der Waals surface area contributed by atoms with Crippen molar-refractivity contribution in [3.8, 4) is 5.82 Å². The summed E-state index contributed by atoms with van der Waals surface area (Å²) in [5, 5.41) is 0. The minimum Gasteiger partial charge on any atom is -0.367 e. The third-order valence-electron chi connectivity index (χ3n) is 5.60. The van der Waals surface area contributed by atoms with E-state index in [0.717, 1.165) is 41.7 Å². The van der Waals surface area contributed by atoms with E-state index in [4.69, 9.17) is 4.74 Å². The average Bonchev–Trinajstić information content (AvgIpc) is 3.12. The van der Waals surface area contributed by atoms with E-state index < -0.39 is 0 Å². The summed E-state index contributed by atoms with van der Waals surface area (Å²) in [5.41, 5.74) is 3.12. The summed E-state index contributed by atoms with van der Waals surface area (Å²) in [6, 6.07) is 11.9. The summed E-state index contributed by atoms with van der Waals surface area (Å²) in [6.45, 7) is 9.21. The first-order chi connectivity index (χ1) is 15.0. The van der Waals surface area contributed by atoms with Gasteiger partial charge in [-0.2, -0.15) is 0 Å². The lowest BCUT2D eigenvalue weighted by atomic mass is 10.2. The normalized spacial score (nSPS) is 14.2. The van der Waals surface area contributed by atoms with Crippen LogP contribution in [0.4, 0.5) is 5.82 Å². The maximum atomic E-state index is 12.5. The number of aromatic nitrogens is 4. The number of rotatable bonds is 6. The Kier molecular flexibility index (Phi) is 6.27. The number of piperazine rings is 1. The number of ether oxygens (including phenoxy) is 1. The van der Waals surface area contributed by atoms with Gasteiger partial charge in [0.05, 0.1) is 12.3 Å². The van der Waals surface area contributed by atoms with E-state index in [1.165, 1.54) is 0 Å². The number of anilines is 1. The fourth-order valence-electron chi connectivity index (χ4n) is 3.66. The third kappa shape index (κ3) is 4.91. The zero-order chi connectivity index (χ0) is 21.8. The number of nitrogens with zero attached hydrogens (tertiary/aromatic N) is 6. The van der Waals surface area contributed by atoms with Gasteiger partial charge in [-0.3, -0.25) is 9.36 Å². The van der Waals surface area contributed by atoms with Crippen LogP contribution in [-0.2, 0) is 16.1 Å². The molecular formula is C23H28N6O2. The van der Waals surface area contributed by atoms with Crippen molar-refractivity contribution in [1.82, 2.24) is 24.4 Å². The molecule has 8 nitrogen and oxygen atoms in total. The molecule has 0 aliphatic carbocycles. The highest BCUT2D eigenvalue weighted by Gasteiger charge is 2.23. The molecule has 1 fully saturated rings. The molecule has 2 aromatic heterocycles. The van der Waals surface area contributed by atoms with Gasteiger partial charge >= 0.3 is 0 Å². The molecule has 4 rings (SSSR count). The Morgan fingerprint density at radius 2 is 1.71 bits per heavy atom. The molecule has 0 N–H and O–H groups in total. The lowest BCUT2D eigenvalue weighted by Gasteiger charge is -2.35. The maximum Gasteiger partial charge on any atom is 0.248 e. The molecule has 31 heavy (non-hydrogen) atoms. The fraction of sp³-hybridized carbons (Fsp3) is 0.391. The first-order valence-electron chi connectivity index (χ1n) is 10.5. The minimum absolute atomic E-state index is 0.0275. The summed E-state index contributed by atoms with van der Waals surface area (Å²) in [6.07, 6.45) is 1.79. The number of benzene rings is 1. The van der Waals surface area contributed by atoms with Crippen molar-refractivity contribution in [3.05, 3.63) is 65.5 Å². The van der Waals surface area contributed by atoms with Crippen LogP contribution in [0.3, 0.4) is 0 Å². The minimum atomic E-state index is 0.0275. The topological polar surface area (TPSA) is 76.4 Å². The van der Waals surface area contributed by atoms with Gasteiger partial charge in [-0.15, -0.1) is 0 Å². The summed E-state index contributed by atoms with van der Waals surface area (Å²) >= 11 is 0. The van der Waals surface area contributed by atoms with Crippen molar-refractivity contribution in [3.63, 3.8) is 0 Å². The van der Waals surface area contributed by atoms with Gasteiger partial charge in [0.25, 0.3) is 0 Å². The Bertz CT molecular complexity index is 1040. The van der Waals surface area contributed by atoms with Crippen molar-refractivity contribution < 1.29 is 9.53 Å². The largest absolute Gasteiger partial charge is 0.367 e. The molecule has 0 atom stereocenters. The molecule has 0 radical (unpaired) electrons. The van der Waals surface area contributed by atoms with Crippen molar-refractivity contribution in [1.29, 1.82) is 0 Å². The molecule has 0 saturated carbocycles. The van der Waals surface area contributed by atoms with Crippen LogP contribution < -0.4 is 4.90 Å². The Labute approximate surface area is 182 Å². The molecule has 1 aliphatic rings. The number of amides is 1. The lowest BCUT2D eigenvalue weighted by Crippen LogP contribution is -2.50. The average molecular weight is 421 g/mol. The highest BCUT2D eigenvalue weighted by Crippen LogP contribution is 2.19. The predicted octanol–water partition coefficient (Wildman–Crippen LogP) is 2.45. The number of imidazole rings is 1. The molecule has 1 saturated heterocycles. The van der Waals surface area contributed by atoms with Gasteiger partial charge in [0.2, 0.25) is 5.91 Å². The van der Waals surface area contributed by atoms with E-state index in [1.54, 1.807) is 6.33 Å². The van der Waals surface area contributed by atoms with Crippen LogP contribution in [0.5, 0.6) is 0 Å². The second-order valence-electron chi connectivity index (χ2n) is 7.76. The molecule has 0 spiro atoms. The van der Waals surface area contributed by atoms with Crippen LogP contribution in [0.1, 0.15) is 22.8 Å². The molecule has 1 aliphatic heterocycles. The molecule has 8 heteroatoms. The standard InChI is InChI=1S/C23H28N6O2/c1-17-18(2)29(16-24-17)22-13-21(25-19(3)26-22)27-9-11-28(12-10-27)23(30)15-31-14-20-7-5-4-6-8-20/h4-8,13,16H,9-12,14-15H2,1-3H3. The molecule has 3 heterocycles. The lowest BCUT2D eigenvalue weighted by molar-refractivity contribution is -0.136. The van der Waals surface area contributed by atoms with Gasteiger partial charge in [0.1, 0.15) is 30.4 Å². The van der Waals surface area contributed by atoms with Crippen LogP contribution in [0.15, 0.2) is 42.7 Å². The number of hydrogen-bond donors (Lipinski definition) is 0. The molecular weight excluding hydrogens is 392 g/mol. The third-order valence-corrected chi connectivity index (χ3v) is 5.60. The molecule has 0 unspecified atom stereocenters. The van der Waals surface area contributed by atoms with E-state index in [2.05, 4.69) is 19.9 Å². The highest BCUT2D eigenvalue weighted by molar-refractivity contribution is 5.77. The smallest absolute Gasteiger partial charge is 0.248 e. The van der Waals surface area contributed by atoms with Gasteiger partial charge in [-0.05, 0) is 26.3 Å². The summed E-state index contributed by atoms with van der Waals surface area (Å²) in [4.78, 5) is 30.1. The number of carbonyl (C=O) groups excluding carboxylic acids is 1. The quantitative estimate of drug-likeness (QED) is 0.610. The van der Waals surface area contributed by atoms with Gasteiger partial charge in [-0.1, -0.05) is 30.3 Å². The van der Waals surface area contributed by atoms with E-state index in [9.17, 15) is 4.79 Å². The first-order valence-corrected chi connectivity index (χ1v) is 10.5. The Morgan fingerprint density at radius 3 is 2.39 bits per heavy atom. The molecule has 0 bridgehead atoms. The molecule has 3 aromatic rings. The molecule has 1 aromatic carbocycles. The van der Waals surface area contributed by atoms with Gasteiger partial charge < -0.3 is 14.5 Å². The van der Waals surface area contributed by atoms with E-state index in [1.807, 2.05) is 66.6 Å². The summed E-state index contributed by atoms with van der Waals surface area (Å²) in [5.74, 6) is 2.43.